The zero-order valence-corrected chi connectivity index (χ0v) is 12.1. The van der Waals surface area contributed by atoms with Crippen LogP contribution in [0.4, 0.5) is 0 Å². The van der Waals surface area contributed by atoms with Crippen LogP contribution in [0.1, 0.15) is 37.5 Å². The van der Waals surface area contributed by atoms with Gasteiger partial charge in [-0.1, -0.05) is 18.9 Å². The van der Waals surface area contributed by atoms with Crippen molar-refractivity contribution in [2.24, 2.45) is 17.8 Å². The summed E-state index contributed by atoms with van der Waals surface area (Å²) in [5.74, 6) is 1.62. The second-order valence-corrected chi connectivity index (χ2v) is 7.05. The molecule has 1 aromatic heterocycles. The molecule has 1 heterocycles. The Labute approximate surface area is 118 Å². The first kappa shape index (κ1) is 13.1. The molecule has 3 unspecified atom stereocenters. The molecule has 3 nitrogen and oxygen atoms in total. The van der Waals surface area contributed by atoms with Gasteiger partial charge in [-0.2, -0.15) is 0 Å². The highest BCUT2D eigenvalue weighted by Gasteiger charge is 2.54. The van der Waals surface area contributed by atoms with Crippen molar-refractivity contribution in [3.05, 3.63) is 22.4 Å². The highest BCUT2D eigenvalue weighted by molar-refractivity contribution is 7.10. The van der Waals surface area contributed by atoms with Crippen LogP contribution in [0.25, 0.3) is 0 Å². The summed E-state index contributed by atoms with van der Waals surface area (Å²) in [5.41, 5.74) is -0.954. The third-order valence-corrected chi connectivity index (χ3v) is 5.74. The molecule has 0 spiro atoms. The molecule has 4 heteroatoms. The molecule has 2 fully saturated rings. The molecule has 1 amide bonds. The summed E-state index contributed by atoms with van der Waals surface area (Å²) in [5, 5.41) is 15.3. The number of nitrogens with one attached hydrogen (secondary N) is 1. The van der Waals surface area contributed by atoms with E-state index in [0.29, 0.717) is 18.4 Å². The van der Waals surface area contributed by atoms with Crippen molar-refractivity contribution in [1.29, 1.82) is 0 Å². The van der Waals surface area contributed by atoms with Gasteiger partial charge in [-0.25, -0.2) is 0 Å². The number of carbonyl (C=O) groups excluding carboxylic acids is 1. The molecule has 2 aliphatic carbocycles. The smallest absolute Gasteiger partial charge is 0.223 e. The Morgan fingerprint density at radius 3 is 2.74 bits per heavy atom. The summed E-state index contributed by atoms with van der Waals surface area (Å²) >= 11 is 1.52. The fourth-order valence-corrected chi connectivity index (χ4v) is 4.22. The molecule has 0 radical (unpaired) electrons. The van der Waals surface area contributed by atoms with E-state index in [0.717, 1.165) is 4.88 Å². The van der Waals surface area contributed by atoms with Crippen LogP contribution < -0.4 is 5.32 Å². The van der Waals surface area contributed by atoms with Gasteiger partial charge in [-0.05, 0) is 43.0 Å². The first-order chi connectivity index (χ1) is 9.09. The Bertz CT molecular complexity index is 443. The van der Waals surface area contributed by atoms with Crippen molar-refractivity contribution in [2.45, 2.75) is 38.2 Å². The zero-order chi connectivity index (χ0) is 13.5. The molecule has 2 N–H and O–H groups in total. The van der Waals surface area contributed by atoms with Crippen LogP contribution in [0.5, 0.6) is 0 Å². The summed E-state index contributed by atoms with van der Waals surface area (Å²) in [6.45, 7) is 2.07. The van der Waals surface area contributed by atoms with Gasteiger partial charge in [0, 0.05) is 10.8 Å². The van der Waals surface area contributed by atoms with Gasteiger partial charge in [-0.15, -0.1) is 11.3 Å². The molecule has 0 aromatic carbocycles. The van der Waals surface area contributed by atoms with E-state index in [1.54, 1.807) is 6.92 Å². The molecule has 19 heavy (non-hydrogen) atoms. The van der Waals surface area contributed by atoms with E-state index >= 15 is 0 Å². The first-order valence-electron chi connectivity index (χ1n) is 7.14. The number of hydrogen-bond donors (Lipinski definition) is 2. The maximum absolute atomic E-state index is 12.2. The van der Waals surface area contributed by atoms with Crippen molar-refractivity contribution >= 4 is 17.2 Å². The van der Waals surface area contributed by atoms with E-state index < -0.39 is 5.60 Å². The van der Waals surface area contributed by atoms with Crippen LogP contribution in [0.3, 0.4) is 0 Å². The third-order valence-electron chi connectivity index (χ3n) is 4.62. The number of aliphatic hydroxyl groups is 1. The van der Waals surface area contributed by atoms with Crippen LogP contribution in [-0.2, 0) is 10.4 Å². The third kappa shape index (κ3) is 2.56. The highest BCUT2D eigenvalue weighted by atomic mass is 32.1. The second kappa shape index (κ2) is 4.91. The summed E-state index contributed by atoms with van der Waals surface area (Å²) < 4.78 is 0. The van der Waals surface area contributed by atoms with Crippen molar-refractivity contribution in [1.82, 2.24) is 5.32 Å². The van der Waals surface area contributed by atoms with Gasteiger partial charge in [0.25, 0.3) is 0 Å². The van der Waals surface area contributed by atoms with Crippen molar-refractivity contribution < 1.29 is 9.90 Å². The fourth-order valence-electron chi connectivity index (χ4n) is 3.43. The normalized spacial score (nSPS) is 32.2. The van der Waals surface area contributed by atoms with Gasteiger partial charge < -0.3 is 10.4 Å². The molecule has 104 valence electrons. The van der Waals surface area contributed by atoms with E-state index in [9.17, 15) is 9.90 Å². The summed E-state index contributed by atoms with van der Waals surface area (Å²) in [7, 11) is 0. The molecule has 2 saturated carbocycles. The van der Waals surface area contributed by atoms with Crippen molar-refractivity contribution in [2.75, 3.05) is 6.54 Å². The predicted octanol–water partition coefficient (Wildman–Crippen LogP) is 2.51. The molecule has 1 aromatic rings. The standard InChI is InChI=1S/C15H21NO2S/c1-15(18,12-7-4-8-19-12)9-16-14(17)13-10-5-2-3-6-11(10)13/h4,7-8,10-11,13,18H,2-3,5-6,9H2,1H3,(H,16,17). The molecule has 0 bridgehead atoms. The quantitative estimate of drug-likeness (QED) is 0.889. The largest absolute Gasteiger partial charge is 0.383 e. The van der Waals surface area contributed by atoms with Crippen molar-refractivity contribution in [3.8, 4) is 0 Å². The van der Waals surface area contributed by atoms with E-state index in [1.165, 1.54) is 37.0 Å². The Morgan fingerprint density at radius 2 is 2.16 bits per heavy atom. The van der Waals surface area contributed by atoms with E-state index in [4.69, 9.17) is 0 Å². The van der Waals surface area contributed by atoms with E-state index in [2.05, 4.69) is 5.32 Å². The SMILES string of the molecule is CC(O)(CNC(=O)C1C2CCCCC21)c1cccs1. The lowest BCUT2D eigenvalue weighted by Gasteiger charge is -2.22. The van der Waals surface area contributed by atoms with Crippen LogP contribution in [0, 0.1) is 17.8 Å². The lowest BCUT2D eigenvalue weighted by atomic mass is 10.0. The molecule has 3 atom stereocenters. The Balaban J connectivity index is 1.54. The number of thiophene rings is 1. The minimum Gasteiger partial charge on any atom is -0.383 e. The van der Waals surface area contributed by atoms with Gasteiger partial charge in [0.2, 0.25) is 5.91 Å². The highest BCUT2D eigenvalue weighted by Crippen LogP contribution is 2.55. The van der Waals surface area contributed by atoms with Crippen molar-refractivity contribution in [3.63, 3.8) is 0 Å². The fraction of sp³-hybridized carbons (Fsp3) is 0.667. The molecule has 3 rings (SSSR count). The van der Waals surface area contributed by atoms with E-state index in [-0.39, 0.29) is 11.8 Å². The maximum Gasteiger partial charge on any atom is 0.223 e. The van der Waals surface area contributed by atoms with Gasteiger partial charge in [-0.3, -0.25) is 4.79 Å². The summed E-state index contributed by atoms with van der Waals surface area (Å²) in [6.07, 6.45) is 4.98. The average Bonchev–Trinajstić information content (AvgIpc) is 2.85. The summed E-state index contributed by atoms with van der Waals surface area (Å²) in [6, 6.07) is 3.83. The van der Waals surface area contributed by atoms with Gasteiger partial charge in [0.1, 0.15) is 5.60 Å². The lowest BCUT2D eigenvalue weighted by Crippen LogP contribution is -2.39. The lowest BCUT2D eigenvalue weighted by molar-refractivity contribution is -0.124. The first-order valence-corrected chi connectivity index (χ1v) is 8.01. The van der Waals surface area contributed by atoms with Gasteiger partial charge >= 0.3 is 0 Å². The number of fused-ring (bicyclic) bond motifs is 1. The van der Waals surface area contributed by atoms with E-state index in [1.807, 2.05) is 17.5 Å². The molecule has 0 aliphatic heterocycles. The average molecular weight is 279 g/mol. The maximum atomic E-state index is 12.2. The number of amides is 1. The molecular weight excluding hydrogens is 258 g/mol. The van der Waals surface area contributed by atoms with Crippen LogP contribution in [-0.4, -0.2) is 17.6 Å². The minimum atomic E-state index is -0.954. The van der Waals surface area contributed by atoms with Crippen LogP contribution in [0.15, 0.2) is 17.5 Å². The Kier molecular flexibility index (Phi) is 3.39. The zero-order valence-electron chi connectivity index (χ0n) is 11.3. The second-order valence-electron chi connectivity index (χ2n) is 6.11. The predicted molar refractivity (Wildman–Crippen MR) is 75.8 cm³/mol. The topological polar surface area (TPSA) is 49.3 Å². The Hall–Kier alpha value is -0.870. The minimum absolute atomic E-state index is 0.147. The molecular formula is C15H21NO2S. The van der Waals surface area contributed by atoms with Crippen LogP contribution >= 0.6 is 11.3 Å². The monoisotopic (exact) mass is 279 g/mol. The molecule has 2 aliphatic rings. The van der Waals surface area contributed by atoms with Gasteiger partial charge in [0.15, 0.2) is 0 Å². The Morgan fingerprint density at radius 1 is 1.47 bits per heavy atom. The van der Waals surface area contributed by atoms with Crippen LogP contribution in [0.2, 0.25) is 0 Å². The number of hydrogen-bond acceptors (Lipinski definition) is 3. The number of rotatable bonds is 4. The molecule has 0 saturated heterocycles. The number of carbonyl (C=O) groups is 1. The van der Waals surface area contributed by atoms with Gasteiger partial charge in [0.05, 0.1) is 6.54 Å². The summed E-state index contributed by atoms with van der Waals surface area (Å²) in [4.78, 5) is 13.1.